The zero-order valence-corrected chi connectivity index (χ0v) is 19.1. The number of aromatic nitrogens is 2. The van der Waals surface area contributed by atoms with Crippen LogP contribution in [0.4, 0.5) is 4.39 Å². The molecule has 1 aromatic heterocycles. The van der Waals surface area contributed by atoms with Gasteiger partial charge in [-0.3, -0.25) is 14.5 Å². The van der Waals surface area contributed by atoms with E-state index in [1.807, 2.05) is 18.2 Å². The summed E-state index contributed by atoms with van der Waals surface area (Å²) in [6.07, 6.45) is 0. The van der Waals surface area contributed by atoms with Gasteiger partial charge in [0.15, 0.2) is 5.69 Å². The Morgan fingerprint density at radius 1 is 0.943 bits per heavy atom. The van der Waals surface area contributed by atoms with E-state index in [2.05, 4.69) is 15.3 Å². The smallest absolute Gasteiger partial charge is 0.279 e. The molecule has 0 aliphatic carbocycles. The van der Waals surface area contributed by atoms with Crippen LogP contribution < -0.4 is 10.9 Å². The van der Waals surface area contributed by atoms with Gasteiger partial charge < -0.3 is 10.1 Å². The lowest BCUT2D eigenvalue weighted by atomic mass is 10.0. The van der Waals surface area contributed by atoms with Crippen LogP contribution >= 0.6 is 0 Å². The Labute approximate surface area is 201 Å². The molecular formula is C27H25FN4O3. The van der Waals surface area contributed by atoms with Gasteiger partial charge in [0, 0.05) is 25.0 Å². The van der Waals surface area contributed by atoms with Gasteiger partial charge in [-0.2, -0.15) is 9.78 Å². The average Bonchev–Trinajstić information content (AvgIpc) is 2.91. The Balaban J connectivity index is 1.48. The first-order valence-electron chi connectivity index (χ1n) is 11.5. The molecule has 7 nitrogen and oxygen atoms in total. The monoisotopic (exact) mass is 472 g/mol. The number of nitrogens with one attached hydrogen (secondary N) is 1. The van der Waals surface area contributed by atoms with E-state index in [4.69, 9.17) is 4.74 Å². The van der Waals surface area contributed by atoms with E-state index < -0.39 is 0 Å². The number of nitrogens with zero attached hydrogens (tertiary/aromatic N) is 3. The Morgan fingerprint density at radius 3 is 2.31 bits per heavy atom. The molecule has 1 aliphatic rings. The third-order valence-corrected chi connectivity index (χ3v) is 6.22. The molecule has 1 aliphatic heterocycles. The predicted molar refractivity (Wildman–Crippen MR) is 131 cm³/mol. The van der Waals surface area contributed by atoms with E-state index in [9.17, 15) is 14.0 Å². The van der Waals surface area contributed by atoms with E-state index in [0.29, 0.717) is 49.3 Å². The molecule has 1 fully saturated rings. The standard InChI is InChI=1S/C27H25FN4O3/c28-20-12-10-19(11-13-20)24(31-14-16-35-17-15-31)18-29-26(33)25-22-8-4-5-9-23(22)27(34)32(30-25)21-6-2-1-3-7-21/h1-13,24H,14-18H2,(H,29,33). The lowest BCUT2D eigenvalue weighted by molar-refractivity contribution is 0.0162. The van der Waals surface area contributed by atoms with Crippen LogP contribution in [0.15, 0.2) is 83.7 Å². The minimum atomic E-state index is -0.383. The van der Waals surface area contributed by atoms with Gasteiger partial charge in [0.2, 0.25) is 0 Å². The van der Waals surface area contributed by atoms with Crippen molar-refractivity contribution < 1.29 is 13.9 Å². The minimum absolute atomic E-state index is 0.158. The highest BCUT2D eigenvalue weighted by Crippen LogP contribution is 2.22. The molecule has 35 heavy (non-hydrogen) atoms. The molecule has 0 bridgehead atoms. The number of carbonyl (C=O) groups is 1. The van der Waals surface area contributed by atoms with Gasteiger partial charge in [-0.15, -0.1) is 0 Å². The third kappa shape index (κ3) is 4.84. The summed E-state index contributed by atoms with van der Waals surface area (Å²) in [5.74, 6) is -0.691. The van der Waals surface area contributed by atoms with Gasteiger partial charge in [-0.25, -0.2) is 4.39 Å². The second kappa shape index (κ2) is 10.2. The highest BCUT2D eigenvalue weighted by atomic mass is 19.1. The van der Waals surface area contributed by atoms with Crippen molar-refractivity contribution in [1.29, 1.82) is 0 Å². The number of ether oxygens (including phenoxy) is 1. The topological polar surface area (TPSA) is 76.5 Å². The number of benzene rings is 3. The Morgan fingerprint density at radius 2 is 1.60 bits per heavy atom. The minimum Gasteiger partial charge on any atom is -0.379 e. The fourth-order valence-corrected chi connectivity index (χ4v) is 4.41. The zero-order valence-electron chi connectivity index (χ0n) is 19.1. The normalized spacial score (nSPS) is 15.1. The first-order valence-corrected chi connectivity index (χ1v) is 11.5. The molecule has 2 heterocycles. The maximum atomic E-state index is 13.5. The lowest BCUT2D eigenvalue weighted by Gasteiger charge is -2.35. The summed E-state index contributed by atoms with van der Waals surface area (Å²) in [4.78, 5) is 28.8. The number of rotatable bonds is 6. The number of hydrogen-bond donors (Lipinski definition) is 1. The summed E-state index contributed by atoms with van der Waals surface area (Å²) in [6, 6.07) is 22.2. The SMILES string of the molecule is O=C(NCC(c1ccc(F)cc1)N1CCOCC1)c1nn(-c2ccccc2)c(=O)c2ccccc12. The van der Waals surface area contributed by atoms with Crippen molar-refractivity contribution in [3.8, 4) is 5.69 Å². The van der Waals surface area contributed by atoms with Crippen LogP contribution in [0.25, 0.3) is 16.5 Å². The Kier molecular flexibility index (Phi) is 6.65. The van der Waals surface area contributed by atoms with E-state index in [0.717, 1.165) is 5.56 Å². The third-order valence-electron chi connectivity index (χ3n) is 6.22. The number of halogens is 1. The summed E-state index contributed by atoms with van der Waals surface area (Å²) in [5, 5.41) is 8.37. The summed E-state index contributed by atoms with van der Waals surface area (Å²) in [5.41, 5.74) is 1.36. The molecule has 8 heteroatoms. The van der Waals surface area contributed by atoms with Crippen molar-refractivity contribution in [1.82, 2.24) is 20.0 Å². The van der Waals surface area contributed by atoms with Crippen molar-refractivity contribution in [2.24, 2.45) is 0 Å². The van der Waals surface area contributed by atoms with E-state index in [-0.39, 0.29) is 29.0 Å². The van der Waals surface area contributed by atoms with Crippen LogP contribution in [0.1, 0.15) is 22.1 Å². The first-order chi connectivity index (χ1) is 17.1. The van der Waals surface area contributed by atoms with Crippen molar-refractivity contribution >= 4 is 16.7 Å². The van der Waals surface area contributed by atoms with Crippen molar-refractivity contribution in [2.75, 3.05) is 32.8 Å². The maximum Gasteiger partial charge on any atom is 0.279 e. The Bertz CT molecular complexity index is 1380. The van der Waals surface area contributed by atoms with Gasteiger partial charge in [0.05, 0.1) is 30.3 Å². The molecular weight excluding hydrogens is 447 g/mol. The van der Waals surface area contributed by atoms with Crippen LogP contribution in [0.2, 0.25) is 0 Å². The lowest BCUT2D eigenvalue weighted by Crippen LogP contribution is -2.44. The highest BCUT2D eigenvalue weighted by Gasteiger charge is 2.25. The molecule has 0 saturated carbocycles. The quantitative estimate of drug-likeness (QED) is 0.466. The number of carbonyl (C=O) groups excluding carboxylic acids is 1. The molecule has 0 radical (unpaired) electrons. The second-order valence-corrected chi connectivity index (χ2v) is 8.37. The Hall–Kier alpha value is -3.88. The summed E-state index contributed by atoms with van der Waals surface area (Å²) in [7, 11) is 0. The molecule has 4 aromatic rings. The number of para-hydroxylation sites is 1. The number of amides is 1. The van der Waals surface area contributed by atoms with Gasteiger partial charge in [-0.05, 0) is 35.9 Å². The van der Waals surface area contributed by atoms with E-state index >= 15 is 0 Å². The van der Waals surface area contributed by atoms with Crippen LogP contribution in [-0.2, 0) is 4.74 Å². The zero-order chi connectivity index (χ0) is 24.2. The summed E-state index contributed by atoms with van der Waals surface area (Å²) >= 11 is 0. The fourth-order valence-electron chi connectivity index (χ4n) is 4.41. The molecule has 3 aromatic carbocycles. The van der Waals surface area contributed by atoms with Gasteiger partial charge in [0.1, 0.15) is 5.82 Å². The van der Waals surface area contributed by atoms with Crippen LogP contribution in [0.5, 0.6) is 0 Å². The van der Waals surface area contributed by atoms with Crippen molar-refractivity contribution in [3.05, 3.63) is 106 Å². The largest absolute Gasteiger partial charge is 0.379 e. The number of hydrogen-bond acceptors (Lipinski definition) is 5. The molecule has 1 atom stereocenters. The predicted octanol–water partition coefficient (Wildman–Crippen LogP) is 3.33. The molecule has 1 N–H and O–H groups in total. The molecule has 5 rings (SSSR count). The maximum absolute atomic E-state index is 13.5. The van der Waals surface area contributed by atoms with Crippen LogP contribution in [-0.4, -0.2) is 53.4 Å². The van der Waals surface area contributed by atoms with E-state index in [1.54, 1.807) is 48.5 Å². The van der Waals surface area contributed by atoms with Crippen molar-refractivity contribution in [3.63, 3.8) is 0 Å². The van der Waals surface area contributed by atoms with Crippen LogP contribution in [0.3, 0.4) is 0 Å². The molecule has 178 valence electrons. The fraction of sp³-hybridized carbons (Fsp3) is 0.222. The molecule has 0 spiro atoms. The summed E-state index contributed by atoms with van der Waals surface area (Å²) < 4.78 is 20.3. The summed E-state index contributed by atoms with van der Waals surface area (Å²) in [6.45, 7) is 2.90. The van der Waals surface area contributed by atoms with Crippen LogP contribution in [0, 0.1) is 5.82 Å². The van der Waals surface area contributed by atoms with Gasteiger partial charge in [-0.1, -0.05) is 48.5 Å². The number of morpholine rings is 1. The van der Waals surface area contributed by atoms with Gasteiger partial charge >= 0.3 is 0 Å². The van der Waals surface area contributed by atoms with Crippen molar-refractivity contribution in [2.45, 2.75) is 6.04 Å². The van der Waals surface area contributed by atoms with Gasteiger partial charge in [0.25, 0.3) is 11.5 Å². The first kappa shape index (κ1) is 22.9. The second-order valence-electron chi connectivity index (χ2n) is 8.37. The molecule has 1 amide bonds. The molecule has 1 unspecified atom stereocenters. The molecule has 1 saturated heterocycles. The van der Waals surface area contributed by atoms with E-state index in [1.165, 1.54) is 16.8 Å². The number of fused-ring (bicyclic) bond motifs is 1. The highest BCUT2D eigenvalue weighted by molar-refractivity contribution is 6.04. The average molecular weight is 473 g/mol.